The number of anilines is 1. The second-order valence-electron chi connectivity index (χ2n) is 4.28. The molecule has 4 heteroatoms. The van der Waals surface area contributed by atoms with Crippen molar-refractivity contribution >= 4 is 44.8 Å². The van der Waals surface area contributed by atoms with Crippen LogP contribution < -0.4 is 5.32 Å². The molecule has 0 aliphatic rings. The minimum absolute atomic E-state index is 0.192. The second kappa shape index (κ2) is 6.65. The fraction of sp³-hybridized carbons (Fsp3) is 0.200. The third-order valence-corrected chi connectivity index (χ3v) is 3.96. The number of hydrogen-bond acceptors (Lipinski definition) is 1. The molecule has 2 aromatic carbocycles. The van der Waals surface area contributed by atoms with Gasteiger partial charge in [0.2, 0.25) is 0 Å². The van der Waals surface area contributed by atoms with Crippen LogP contribution in [0, 0.1) is 0 Å². The highest BCUT2D eigenvalue weighted by Gasteiger charge is 2.11. The topological polar surface area (TPSA) is 12.0 Å². The van der Waals surface area contributed by atoms with Crippen molar-refractivity contribution in [1.29, 1.82) is 0 Å². The maximum absolute atomic E-state index is 6.23. The minimum Gasteiger partial charge on any atom is -0.377 e. The molecule has 0 spiro atoms. The molecule has 1 unspecified atom stereocenters. The fourth-order valence-electron chi connectivity index (χ4n) is 1.94. The smallest absolute Gasteiger partial charge is 0.0648 e. The lowest BCUT2D eigenvalue weighted by Gasteiger charge is -2.20. The Kier molecular flexibility index (Phi) is 5.14. The highest BCUT2D eigenvalue weighted by molar-refractivity contribution is 9.10. The summed E-state index contributed by atoms with van der Waals surface area (Å²) in [6.07, 6.45) is 0.951. The molecule has 0 fully saturated rings. The van der Waals surface area contributed by atoms with Gasteiger partial charge in [0.1, 0.15) is 0 Å². The first-order valence-electron chi connectivity index (χ1n) is 6.07. The summed E-state index contributed by atoms with van der Waals surface area (Å²) in [6, 6.07) is 13.9. The standard InChI is InChI=1S/C15H14BrCl2N/c1-2-14(10-4-3-5-12(17)8-10)19-15-7-6-11(16)9-13(15)18/h3-9,14,19H,2H2,1H3. The van der Waals surface area contributed by atoms with Crippen LogP contribution in [0.15, 0.2) is 46.9 Å². The molecule has 1 nitrogen and oxygen atoms in total. The van der Waals surface area contributed by atoms with Gasteiger partial charge >= 0.3 is 0 Å². The van der Waals surface area contributed by atoms with Crippen LogP contribution in [0.5, 0.6) is 0 Å². The van der Waals surface area contributed by atoms with Gasteiger partial charge in [-0.2, -0.15) is 0 Å². The molecular formula is C15H14BrCl2N. The van der Waals surface area contributed by atoms with Gasteiger partial charge in [0.05, 0.1) is 16.8 Å². The van der Waals surface area contributed by atoms with E-state index in [9.17, 15) is 0 Å². The lowest BCUT2D eigenvalue weighted by Crippen LogP contribution is -2.09. The molecule has 0 amide bonds. The molecule has 0 bridgehead atoms. The largest absolute Gasteiger partial charge is 0.377 e. The van der Waals surface area contributed by atoms with Crippen molar-refractivity contribution in [2.75, 3.05) is 5.32 Å². The molecule has 1 atom stereocenters. The summed E-state index contributed by atoms with van der Waals surface area (Å²) >= 11 is 15.7. The third-order valence-electron chi connectivity index (χ3n) is 2.92. The molecule has 2 aromatic rings. The third kappa shape index (κ3) is 3.88. The fourth-order valence-corrected chi connectivity index (χ4v) is 2.87. The van der Waals surface area contributed by atoms with Crippen LogP contribution in [-0.4, -0.2) is 0 Å². The molecule has 0 saturated carbocycles. The molecule has 0 saturated heterocycles. The van der Waals surface area contributed by atoms with E-state index in [-0.39, 0.29) is 6.04 Å². The minimum atomic E-state index is 0.192. The number of hydrogen-bond donors (Lipinski definition) is 1. The van der Waals surface area contributed by atoms with E-state index < -0.39 is 0 Å². The van der Waals surface area contributed by atoms with E-state index in [1.165, 1.54) is 0 Å². The zero-order valence-corrected chi connectivity index (χ0v) is 13.6. The SMILES string of the molecule is CCC(Nc1ccc(Br)cc1Cl)c1cccc(Cl)c1. The molecule has 100 valence electrons. The molecule has 0 radical (unpaired) electrons. The first-order valence-corrected chi connectivity index (χ1v) is 7.62. The molecular weight excluding hydrogens is 345 g/mol. The first kappa shape index (κ1) is 14.7. The summed E-state index contributed by atoms with van der Waals surface area (Å²) < 4.78 is 0.971. The molecule has 0 aromatic heterocycles. The lowest BCUT2D eigenvalue weighted by molar-refractivity contribution is 0.749. The van der Waals surface area contributed by atoms with E-state index in [1.54, 1.807) is 0 Å². The van der Waals surface area contributed by atoms with Gasteiger partial charge in [-0.25, -0.2) is 0 Å². The quantitative estimate of drug-likeness (QED) is 0.674. The highest BCUT2D eigenvalue weighted by atomic mass is 79.9. The molecule has 0 aliphatic carbocycles. The van der Waals surface area contributed by atoms with Crippen molar-refractivity contribution < 1.29 is 0 Å². The maximum Gasteiger partial charge on any atom is 0.0648 e. The molecule has 1 N–H and O–H groups in total. The van der Waals surface area contributed by atoms with E-state index in [4.69, 9.17) is 23.2 Å². The number of benzene rings is 2. The van der Waals surface area contributed by atoms with Crippen molar-refractivity contribution in [2.24, 2.45) is 0 Å². The Labute approximate surface area is 132 Å². The number of halogens is 3. The van der Waals surface area contributed by atoms with Crippen molar-refractivity contribution in [1.82, 2.24) is 0 Å². The second-order valence-corrected chi connectivity index (χ2v) is 6.04. The average Bonchev–Trinajstić information content (AvgIpc) is 2.38. The number of rotatable bonds is 4. The van der Waals surface area contributed by atoms with Crippen LogP contribution in [0.1, 0.15) is 24.9 Å². The Morgan fingerprint density at radius 1 is 1.16 bits per heavy atom. The molecule has 19 heavy (non-hydrogen) atoms. The van der Waals surface area contributed by atoms with Crippen LogP contribution in [0.4, 0.5) is 5.69 Å². The first-order chi connectivity index (χ1) is 9.10. The Balaban J connectivity index is 2.24. The van der Waals surface area contributed by atoms with E-state index in [2.05, 4.69) is 34.2 Å². The number of nitrogens with one attached hydrogen (secondary N) is 1. The van der Waals surface area contributed by atoms with Gasteiger partial charge in [0.25, 0.3) is 0 Å². The molecule has 2 rings (SSSR count). The van der Waals surface area contributed by atoms with Gasteiger partial charge in [-0.1, -0.05) is 58.2 Å². The van der Waals surface area contributed by atoms with Gasteiger partial charge in [0, 0.05) is 9.50 Å². The maximum atomic E-state index is 6.23. The molecule has 0 heterocycles. The summed E-state index contributed by atoms with van der Waals surface area (Å²) in [6.45, 7) is 2.13. The Hall–Kier alpha value is -0.700. The van der Waals surface area contributed by atoms with Crippen molar-refractivity contribution in [2.45, 2.75) is 19.4 Å². The summed E-state index contributed by atoms with van der Waals surface area (Å²) in [7, 11) is 0. The summed E-state index contributed by atoms with van der Waals surface area (Å²) in [5, 5.41) is 4.91. The molecule has 0 aliphatic heterocycles. The van der Waals surface area contributed by atoms with Crippen molar-refractivity contribution in [3.05, 3.63) is 62.5 Å². The van der Waals surface area contributed by atoms with E-state index in [1.807, 2.05) is 36.4 Å². The highest BCUT2D eigenvalue weighted by Crippen LogP contribution is 2.30. The summed E-state index contributed by atoms with van der Waals surface area (Å²) in [5.74, 6) is 0. The van der Waals surface area contributed by atoms with E-state index in [0.717, 1.165) is 27.2 Å². The van der Waals surface area contributed by atoms with Gasteiger partial charge in [-0.15, -0.1) is 0 Å². The summed E-state index contributed by atoms with van der Waals surface area (Å²) in [5.41, 5.74) is 2.09. The van der Waals surface area contributed by atoms with Crippen LogP contribution >= 0.6 is 39.1 Å². The monoisotopic (exact) mass is 357 g/mol. The zero-order chi connectivity index (χ0) is 13.8. The average molecular weight is 359 g/mol. The predicted octanol–water partition coefficient (Wildman–Crippen LogP) is 6.32. The zero-order valence-electron chi connectivity index (χ0n) is 10.5. The van der Waals surface area contributed by atoms with Crippen LogP contribution in [0.2, 0.25) is 10.0 Å². The Morgan fingerprint density at radius 2 is 1.95 bits per heavy atom. The van der Waals surface area contributed by atoms with Crippen LogP contribution in [0.3, 0.4) is 0 Å². The summed E-state index contributed by atoms with van der Waals surface area (Å²) in [4.78, 5) is 0. The predicted molar refractivity (Wildman–Crippen MR) is 87.3 cm³/mol. The van der Waals surface area contributed by atoms with Crippen molar-refractivity contribution in [3.8, 4) is 0 Å². The van der Waals surface area contributed by atoms with Gasteiger partial charge < -0.3 is 5.32 Å². The lowest BCUT2D eigenvalue weighted by atomic mass is 10.0. The van der Waals surface area contributed by atoms with E-state index in [0.29, 0.717) is 5.02 Å². The van der Waals surface area contributed by atoms with Gasteiger partial charge in [0.15, 0.2) is 0 Å². The Morgan fingerprint density at radius 3 is 2.58 bits per heavy atom. The Bertz CT molecular complexity index is 572. The van der Waals surface area contributed by atoms with Gasteiger partial charge in [-0.3, -0.25) is 0 Å². The van der Waals surface area contributed by atoms with Gasteiger partial charge in [-0.05, 0) is 42.3 Å². The van der Waals surface area contributed by atoms with Crippen LogP contribution in [-0.2, 0) is 0 Å². The van der Waals surface area contributed by atoms with Crippen molar-refractivity contribution in [3.63, 3.8) is 0 Å². The van der Waals surface area contributed by atoms with Crippen LogP contribution in [0.25, 0.3) is 0 Å². The normalized spacial score (nSPS) is 12.2. The van der Waals surface area contributed by atoms with E-state index >= 15 is 0 Å².